The van der Waals surface area contributed by atoms with Gasteiger partial charge in [0, 0.05) is 11.9 Å². The number of aromatic nitrogens is 1. The standard InChI is InChI=1S/C16H15ClN2OS2/c1-9-6-10(2)15-12(7-9)22-16(19(15)3)18-14(20)8-11-4-5-13(17)21-11/h4-7H,8H2,1-3H3. The van der Waals surface area contributed by atoms with Crippen LogP contribution in [0.2, 0.25) is 4.34 Å². The van der Waals surface area contributed by atoms with Crippen LogP contribution in [0, 0.1) is 13.8 Å². The summed E-state index contributed by atoms with van der Waals surface area (Å²) in [6, 6.07) is 7.96. The Morgan fingerprint density at radius 3 is 2.73 bits per heavy atom. The van der Waals surface area contributed by atoms with Gasteiger partial charge < -0.3 is 4.57 Å². The predicted molar refractivity (Wildman–Crippen MR) is 93.9 cm³/mol. The summed E-state index contributed by atoms with van der Waals surface area (Å²) in [5.74, 6) is -0.143. The molecule has 0 fully saturated rings. The lowest BCUT2D eigenvalue weighted by Crippen LogP contribution is -2.14. The number of hydrogen-bond donors (Lipinski definition) is 0. The zero-order valence-electron chi connectivity index (χ0n) is 12.5. The summed E-state index contributed by atoms with van der Waals surface area (Å²) in [6.07, 6.45) is 0.295. The Hall–Kier alpha value is -1.43. The van der Waals surface area contributed by atoms with Crippen LogP contribution in [0.1, 0.15) is 16.0 Å². The fourth-order valence-corrected chi connectivity index (χ4v) is 4.82. The van der Waals surface area contributed by atoms with E-state index in [1.807, 2.05) is 17.7 Å². The van der Waals surface area contributed by atoms with Crippen LogP contribution < -0.4 is 4.80 Å². The second-order valence-corrected chi connectivity index (χ2v) is 8.07. The smallest absolute Gasteiger partial charge is 0.253 e. The van der Waals surface area contributed by atoms with Crippen LogP contribution in [0.5, 0.6) is 0 Å². The van der Waals surface area contributed by atoms with Gasteiger partial charge in [-0.3, -0.25) is 4.79 Å². The first-order valence-corrected chi connectivity index (χ1v) is 8.83. The highest BCUT2D eigenvalue weighted by Gasteiger charge is 2.09. The Morgan fingerprint density at radius 1 is 1.27 bits per heavy atom. The van der Waals surface area contributed by atoms with Crippen molar-refractivity contribution >= 4 is 50.4 Å². The summed E-state index contributed by atoms with van der Waals surface area (Å²) in [5.41, 5.74) is 3.56. The summed E-state index contributed by atoms with van der Waals surface area (Å²) in [5, 5.41) is 0. The second kappa shape index (κ2) is 5.99. The molecule has 0 bridgehead atoms. The fraction of sp³-hybridized carbons (Fsp3) is 0.250. The molecule has 0 aliphatic heterocycles. The largest absolute Gasteiger partial charge is 0.319 e. The lowest BCUT2D eigenvalue weighted by molar-refractivity contribution is -0.117. The third kappa shape index (κ3) is 3.02. The first-order chi connectivity index (χ1) is 10.4. The summed E-state index contributed by atoms with van der Waals surface area (Å²) >= 11 is 8.86. The van der Waals surface area contributed by atoms with Crippen molar-refractivity contribution in [2.45, 2.75) is 20.3 Å². The quantitative estimate of drug-likeness (QED) is 0.680. The first kappa shape index (κ1) is 15.5. The Labute approximate surface area is 141 Å². The number of rotatable bonds is 2. The van der Waals surface area contributed by atoms with Gasteiger partial charge in [-0.15, -0.1) is 11.3 Å². The fourth-order valence-electron chi connectivity index (χ4n) is 2.53. The van der Waals surface area contributed by atoms with Gasteiger partial charge >= 0.3 is 0 Å². The van der Waals surface area contributed by atoms with E-state index >= 15 is 0 Å². The number of carbonyl (C=O) groups is 1. The summed E-state index contributed by atoms with van der Waals surface area (Å²) < 4.78 is 3.85. The van der Waals surface area contributed by atoms with Crippen molar-refractivity contribution in [2.75, 3.05) is 0 Å². The average Bonchev–Trinajstić information content (AvgIpc) is 2.94. The number of hydrogen-bond acceptors (Lipinski definition) is 3. The van der Waals surface area contributed by atoms with Crippen LogP contribution in [0.15, 0.2) is 29.3 Å². The number of carbonyl (C=O) groups excluding carboxylic acids is 1. The minimum atomic E-state index is -0.143. The van der Waals surface area contributed by atoms with Crippen molar-refractivity contribution in [3.8, 4) is 0 Å². The van der Waals surface area contributed by atoms with Crippen LogP contribution in [0.4, 0.5) is 0 Å². The molecule has 0 radical (unpaired) electrons. The summed E-state index contributed by atoms with van der Waals surface area (Å²) in [4.78, 5) is 18.1. The number of nitrogens with zero attached hydrogens (tertiary/aromatic N) is 2. The molecule has 0 saturated carbocycles. The topological polar surface area (TPSA) is 34.4 Å². The molecule has 0 unspecified atom stereocenters. The van der Waals surface area contributed by atoms with Crippen LogP contribution in [-0.4, -0.2) is 10.5 Å². The van der Waals surface area contributed by atoms with E-state index in [9.17, 15) is 4.79 Å². The van der Waals surface area contributed by atoms with Crippen molar-refractivity contribution < 1.29 is 4.79 Å². The molecule has 114 valence electrons. The molecule has 0 N–H and O–H groups in total. The maximum Gasteiger partial charge on any atom is 0.253 e. The minimum absolute atomic E-state index is 0.143. The van der Waals surface area contributed by atoms with Crippen molar-refractivity contribution in [3.05, 3.63) is 49.4 Å². The van der Waals surface area contributed by atoms with Crippen molar-refractivity contribution in [3.63, 3.8) is 0 Å². The highest BCUT2D eigenvalue weighted by atomic mass is 35.5. The molecule has 1 aromatic carbocycles. The van der Waals surface area contributed by atoms with Gasteiger partial charge in [0.2, 0.25) is 0 Å². The summed E-state index contributed by atoms with van der Waals surface area (Å²) in [6.45, 7) is 4.16. The molecule has 0 saturated heterocycles. The average molecular weight is 351 g/mol. The van der Waals surface area contributed by atoms with Gasteiger partial charge in [-0.05, 0) is 43.2 Å². The molecular formula is C16H15ClN2OS2. The molecular weight excluding hydrogens is 336 g/mol. The van der Waals surface area contributed by atoms with Gasteiger partial charge in [0.15, 0.2) is 4.80 Å². The highest BCUT2D eigenvalue weighted by molar-refractivity contribution is 7.16. The Balaban J connectivity index is 2.00. The number of aryl methyl sites for hydroxylation is 3. The third-order valence-electron chi connectivity index (χ3n) is 3.41. The number of halogens is 1. The van der Waals surface area contributed by atoms with Gasteiger partial charge in [0.1, 0.15) is 0 Å². The van der Waals surface area contributed by atoms with Crippen molar-refractivity contribution in [1.29, 1.82) is 0 Å². The van der Waals surface area contributed by atoms with E-state index in [4.69, 9.17) is 11.6 Å². The van der Waals surface area contributed by atoms with Gasteiger partial charge in [-0.1, -0.05) is 29.0 Å². The zero-order chi connectivity index (χ0) is 15.9. The molecule has 2 heterocycles. The molecule has 6 heteroatoms. The Bertz CT molecular complexity index is 933. The molecule has 0 aliphatic carbocycles. The molecule has 1 amide bonds. The number of benzene rings is 1. The van der Waals surface area contributed by atoms with Crippen LogP contribution in [-0.2, 0) is 18.3 Å². The highest BCUT2D eigenvalue weighted by Crippen LogP contribution is 2.23. The van der Waals surface area contributed by atoms with Gasteiger partial charge in [-0.25, -0.2) is 0 Å². The van der Waals surface area contributed by atoms with Gasteiger partial charge in [-0.2, -0.15) is 4.99 Å². The van der Waals surface area contributed by atoms with Crippen LogP contribution in [0.3, 0.4) is 0 Å². The Morgan fingerprint density at radius 2 is 2.05 bits per heavy atom. The molecule has 22 heavy (non-hydrogen) atoms. The molecule has 3 nitrogen and oxygen atoms in total. The van der Waals surface area contributed by atoms with E-state index in [-0.39, 0.29) is 5.91 Å². The maximum atomic E-state index is 12.2. The molecule has 0 aliphatic rings. The number of fused-ring (bicyclic) bond motifs is 1. The molecule has 3 rings (SSSR count). The predicted octanol–water partition coefficient (Wildman–Crippen LogP) is 4.24. The first-order valence-electron chi connectivity index (χ1n) is 6.82. The lowest BCUT2D eigenvalue weighted by atomic mass is 10.1. The van der Waals surface area contributed by atoms with E-state index in [0.29, 0.717) is 10.8 Å². The lowest BCUT2D eigenvalue weighted by Gasteiger charge is -2.01. The number of thiophene rings is 1. The third-order valence-corrected chi connectivity index (χ3v) is 5.72. The molecule has 0 atom stereocenters. The van der Waals surface area contributed by atoms with E-state index in [1.165, 1.54) is 22.5 Å². The van der Waals surface area contributed by atoms with Crippen molar-refractivity contribution in [1.82, 2.24) is 4.57 Å². The SMILES string of the molecule is Cc1cc(C)c2c(c1)sc(=NC(=O)Cc1ccc(Cl)s1)n2C. The van der Waals surface area contributed by atoms with E-state index < -0.39 is 0 Å². The van der Waals surface area contributed by atoms with Gasteiger partial charge in [0.25, 0.3) is 5.91 Å². The zero-order valence-corrected chi connectivity index (χ0v) is 14.9. The van der Waals surface area contributed by atoms with E-state index in [2.05, 4.69) is 31.0 Å². The van der Waals surface area contributed by atoms with Crippen LogP contribution >= 0.6 is 34.3 Å². The summed E-state index contributed by atoms with van der Waals surface area (Å²) in [7, 11) is 1.95. The molecule has 0 spiro atoms. The van der Waals surface area contributed by atoms with Gasteiger partial charge in [0.05, 0.1) is 21.0 Å². The molecule has 2 aromatic heterocycles. The van der Waals surface area contributed by atoms with E-state index in [1.54, 1.807) is 17.4 Å². The maximum absolute atomic E-state index is 12.2. The Kier molecular flexibility index (Phi) is 4.21. The second-order valence-electron chi connectivity index (χ2n) is 5.26. The van der Waals surface area contributed by atoms with E-state index in [0.717, 1.165) is 19.9 Å². The van der Waals surface area contributed by atoms with Crippen molar-refractivity contribution in [2.24, 2.45) is 12.0 Å². The normalized spacial score (nSPS) is 12.3. The molecule has 3 aromatic rings. The number of amides is 1. The monoisotopic (exact) mass is 350 g/mol. The number of thiazole rings is 1. The van der Waals surface area contributed by atoms with Crippen LogP contribution in [0.25, 0.3) is 10.2 Å². The minimum Gasteiger partial charge on any atom is -0.319 e.